The molecule has 2 fully saturated rings. The third-order valence-electron chi connectivity index (χ3n) is 4.13. The van der Waals surface area contributed by atoms with Crippen molar-refractivity contribution in [1.29, 1.82) is 0 Å². The molecule has 0 aromatic heterocycles. The van der Waals surface area contributed by atoms with Crippen LogP contribution in [0.5, 0.6) is 5.75 Å². The van der Waals surface area contributed by atoms with Crippen molar-refractivity contribution >= 4 is 11.9 Å². The van der Waals surface area contributed by atoms with Crippen molar-refractivity contribution in [3.05, 3.63) is 29.8 Å². The van der Waals surface area contributed by atoms with Gasteiger partial charge in [-0.2, -0.15) is 0 Å². The van der Waals surface area contributed by atoms with E-state index in [1.807, 2.05) is 0 Å². The minimum atomic E-state index is -1.82. The van der Waals surface area contributed by atoms with Gasteiger partial charge in [0.15, 0.2) is 0 Å². The fraction of sp³-hybridized carbons (Fsp3) is 0.579. The SMILES string of the molecule is CC(C)(C)Oc1ccc(C[C@H]2CNCC3(COC3)N2)cc1.O=C(O)C(=O)O. The lowest BCUT2D eigenvalue weighted by atomic mass is 9.91. The largest absolute Gasteiger partial charge is 0.488 e. The Morgan fingerprint density at radius 1 is 1.19 bits per heavy atom. The molecule has 0 radical (unpaired) electrons. The molecule has 1 spiro atoms. The number of carboxylic acids is 2. The molecule has 150 valence electrons. The van der Waals surface area contributed by atoms with Gasteiger partial charge < -0.3 is 30.3 Å². The van der Waals surface area contributed by atoms with Gasteiger partial charge in [0, 0.05) is 19.1 Å². The van der Waals surface area contributed by atoms with Crippen molar-refractivity contribution in [3.8, 4) is 5.75 Å². The van der Waals surface area contributed by atoms with E-state index in [1.165, 1.54) is 5.56 Å². The van der Waals surface area contributed by atoms with Crippen molar-refractivity contribution in [1.82, 2.24) is 10.6 Å². The number of carboxylic acid groups (broad SMARTS) is 2. The summed E-state index contributed by atoms with van der Waals surface area (Å²) in [4.78, 5) is 18.2. The van der Waals surface area contributed by atoms with Gasteiger partial charge in [-0.25, -0.2) is 9.59 Å². The van der Waals surface area contributed by atoms with Gasteiger partial charge in [0.2, 0.25) is 0 Å². The second kappa shape index (κ2) is 8.69. The Labute approximate surface area is 158 Å². The van der Waals surface area contributed by atoms with Crippen molar-refractivity contribution < 1.29 is 29.3 Å². The van der Waals surface area contributed by atoms with Crippen LogP contribution in [0.3, 0.4) is 0 Å². The van der Waals surface area contributed by atoms with Gasteiger partial charge in [0.25, 0.3) is 0 Å². The lowest BCUT2D eigenvalue weighted by Crippen LogP contribution is -2.72. The molecule has 0 aliphatic carbocycles. The number of nitrogens with one attached hydrogen (secondary N) is 2. The first kappa shape index (κ1) is 21.1. The van der Waals surface area contributed by atoms with Crippen LogP contribution in [0, 0.1) is 0 Å². The lowest BCUT2D eigenvalue weighted by Gasteiger charge is -2.48. The first-order valence-electron chi connectivity index (χ1n) is 8.89. The minimum Gasteiger partial charge on any atom is -0.488 e. The highest BCUT2D eigenvalue weighted by Crippen LogP contribution is 2.22. The second-order valence-electron chi connectivity index (χ2n) is 7.92. The molecular weight excluding hydrogens is 352 g/mol. The Morgan fingerprint density at radius 2 is 1.78 bits per heavy atom. The summed E-state index contributed by atoms with van der Waals surface area (Å²) in [7, 11) is 0. The van der Waals surface area contributed by atoms with E-state index in [0.717, 1.165) is 38.5 Å². The number of piperazine rings is 1. The molecule has 2 saturated heterocycles. The molecule has 2 heterocycles. The smallest absolute Gasteiger partial charge is 0.414 e. The van der Waals surface area contributed by atoms with Gasteiger partial charge in [-0.15, -0.1) is 0 Å². The third-order valence-corrected chi connectivity index (χ3v) is 4.13. The zero-order chi connectivity index (χ0) is 20.1. The van der Waals surface area contributed by atoms with Crippen LogP contribution in [0.15, 0.2) is 24.3 Å². The first-order chi connectivity index (χ1) is 12.6. The number of benzene rings is 1. The van der Waals surface area contributed by atoms with Crippen LogP contribution < -0.4 is 15.4 Å². The molecule has 4 N–H and O–H groups in total. The molecule has 1 atom stereocenters. The lowest BCUT2D eigenvalue weighted by molar-refractivity contribution is -0.159. The van der Waals surface area contributed by atoms with Crippen molar-refractivity contribution in [2.45, 2.75) is 44.4 Å². The Kier molecular flexibility index (Phi) is 6.80. The average Bonchev–Trinajstić information content (AvgIpc) is 2.55. The number of carbonyl (C=O) groups is 2. The summed E-state index contributed by atoms with van der Waals surface area (Å²) in [5.74, 6) is -2.71. The van der Waals surface area contributed by atoms with Crippen LogP contribution in [-0.2, 0) is 20.7 Å². The maximum absolute atomic E-state index is 9.10. The zero-order valence-electron chi connectivity index (χ0n) is 15.9. The zero-order valence-corrected chi connectivity index (χ0v) is 15.9. The third kappa shape index (κ3) is 6.82. The van der Waals surface area contributed by atoms with Gasteiger partial charge in [-0.05, 0) is 44.9 Å². The predicted octanol–water partition coefficient (Wildman–Crippen LogP) is 0.892. The molecule has 2 aliphatic heterocycles. The van der Waals surface area contributed by atoms with Gasteiger partial charge in [0.05, 0.1) is 18.8 Å². The summed E-state index contributed by atoms with van der Waals surface area (Å²) in [6, 6.07) is 8.94. The van der Waals surface area contributed by atoms with Gasteiger partial charge in [-0.3, -0.25) is 0 Å². The fourth-order valence-electron chi connectivity index (χ4n) is 3.01. The van der Waals surface area contributed by atoms with Crippen LogP contribution in [0.4, 0.5) is 0 Å². The van der Waals surface area contributed by atoms with E-state index in [1.54, 1.807) is 0 Å². The summed E-state index contributed by atoms with van der Waals surface area (Å²) in [5, 5.41) is 22.1. The van der Waals surface area contributed by atoms with E-state index in [2.05, 4.69) is 55.7 Å². The number of aliphatic carboxylic acids is 2. The van der Waals surface area contributed by atoms with Crippen molar-refractivity contribution in [3.63, 3.8) is 0 Å². The molecular formula is C19H28N2O6. The van der Waals surface area contributed by atoms with Crippen molar-refractivity contribution in [2.24, 2.45) is 0 Å². The predicted molar refractivity (Wildman–Crippen MR) is 99.1 cm³/mol. The molecule has 27 heavy (non-hydrogen) atoms. The molecule has 1 aromatic rings. The van der Waals surface area contributed by atoms with Crippen LogP contribution in [0.25, 0.3) is 0 Å². The standard InChI is InChI=1S/C17H26N2O2.C2H2O4/c1-16(2,3)21-15-6-4-13(5-7-15)8-14-9-18-10-17(19-14)11-20-12-17;3-1(4)2(5)6/h4-7,14,18-19H,8-12H2,1-3H3;(H,3,4)(H,5,6)/t14-;/m0./s1. The van der Waals surface area contributed by atoms with Gasteiger partial charge in [0.1, 0.15) is 11.4 Å². The summed E-state index contributed by atoms with van der Waals surface area (Å²) >= 11 is 0. The molecule has 0 bridgehead atoms. The Balaban J connectivity index is 0.000000380. The highest BCUT2D eigenvalue weighted by Gasteiger charge is 2.42. The molecule has 0 saturated carbocycles. The van der Waals surface area contributed by atoms with E-state index < -0.39 is 11.9 Å². The van der Waals surface area contributed by atoms with Crippen LogP contribution >= 0.6 is 0 Å². The molecule has 0 unspecified atom stereocenters. The minimum absolute atomic E-state index is 0.146. The molecule has 1 aromatic carbocycles. The van der Waals surface area contributed by atoms with Gasteiger partial charge in [-0.1, -0.05) is 12.1 Å². The Hall–Kier alpha value is -2.16. The molecule has 2 aliphatic rings. The van der Waals surface area contributed by atoms with Crippen LogP contribution in [-0.4, -0.2) is 65.6 Å². The van der Waals surface area contributed by atoms with Crippen LogP contribution in [0.2, 0.25) is 0 Å². The van der Waals surface area contributed by atoms with E-state index in [4.69, 9.17) is 29.3 Å². The van der Waals surface area contributed by atoms with Crippen molar-refractivity contribution in [2.75, 3.05) is 26.3 Å². The summed E-state index contributed by atoms with van der Waals surface area (Å²) in [6.07, 6.45) is 1.03. The maximum atomic E-state index is 9.10. The maximum Gasteiger partial charge on any atom is 0.414 e. The van der Waals surface area contributed by atoms with Gasteiger partial charge >= 0.3 is 11.9 Å². The highest BCUT2D eigenvalue weighted by atomic mass is 16.5. The molecule has 0 amide bonds. The van der Waals surface area contributed by atoms with E-state index >= 15 is 0 Å². The Bertz CT molecular complexity index is 637. The quantitative estimate of drug-likeness (QED) is 0.571. The molecule has 8 heteroatoms. The number of hydrogen-bond donors (Lipinski definition) is 4. The summed E-state index contributed by atoms with van der Waals surface area (Å²) < 4.78 is 11.2. The van der Waals surface area contributed by atoms with E-state index in [9.17, 15) is 0 Å². The van der Waals surface area contributed by atoms with E-state index in [-0.39, 0.29) is 11.1 Å². The second-order valence-corrected chi connectivity index (χ2v) is 7.92. The summed E-state index contributed by atoms with van der Waals surface area (Å²) in [6.45, 7) is 9.89. The topological polar surface area (TPSA) is 117 Å². The average molecular weight is 380 g/mol. The Morgan fingerprint density at radius 3 is 2.22 bits per heavy atom. The number of rotatable bonds is 3. The normalized spacial score (nSPS) is 20.8. The molecule has 3 rings (SSSR count). The van der Waals surface area contributed by atoms with E-state index in [0.29, 0.717) is 6.04 Å². The van der Waals surface area contributed by atoms with Crippen LogP contribution in [0.1, 0.15) is 26.3 Å². The first-order valence-corrected chi connectivity index (χ1v) is 8.89. The highest BCUT2D eigenvalue weighted by molar-refractivity contribution is 6.27. The fourth-order valence-corrected chi connectivity index (χ4v) is 3.01. The number of hydrogen-bond acceptors (Lipinski definition) is 6. The summed E-state index contributed by atoms with van der Waals surface area (Å²) in [5.41, 5.74) is 1.37. The molecule has 8 nitrogen and oxygen atoms in total. The number of ether oxygens (including phenoxy) is 2. The monoisotopic (exact) mass is 380 g/mol.